The highest BCUT2D eigenvalue weighted by Crippen LogP contribution is 2.24. The summed E-state index contributed by atoms with van der Waals surface area (Å²) in [6.07, 6.45) is 3.48. The molecule has 2 aromatic rings. The first-order chi connectivity index (χ1) is 15.9. The molecule has 3 rings (SSSR count). The highest BCUT2D eigenvalue weighted by Gasteiger charge is 2.36. The van der Waals surface area contributed by atoms with Gasteiger partial charge in [0.2, 0.25) is 5.91 Å². The largest absolute Gasteiger partial charge is 0.496 e. The molecule has 172 valence electrons. The fraction of sp³-hybridized carbons (Fsp3) is 0.320. The first kappa shape index (κ1) is 24.1. The maximum atomic E-state index is 13.0. The van der Waals surface area contributed by atoms with Crippen molar-refractivity contribution in [1.82, 2.24) is 10.2 Å². The van der Waals surface area contributed by atoms with E-state index >= 15 is 0 Å². The number of nitrogens with one attached hydrogen (secondary N) is 1. The van der Waals surface area contributed by atoms with Gasteiger partial charge in [0, 0.05) is 48.8 Å². The maximum Gasteiger partial charge on any atom is 0.244 e. The molecule has 1 saturated heterocycles. The van der Waals surface area contributed by atoms with Crippen LogP contribution in [0.15, 0.2) is 48.5 Å². The number of halogens is 1. The lowest BCUT2D eigenvalue weighted by Gasteiger charge is -2.43. The van der Waals surface area contributed by atoms with Gasteiger partial charge in [-0.05, 0) is 55.0 Å². The third kappa shape index (κ3) is 6.25. The number of hydrogen-bond acceptors (Lipinski definition) is 6. The minimum Gasteiger partial charge on any atom is -0.496 e. The molecule has 33 heavy (non-hydrogen) atoms. The number of carbonyl (C=O) groups is 2. The highest BCUT2D eigenvalue weighted by atomic mass is 19.1. The molecule has 0 aromatic heterocycles. The van der Waals surface area contributed by atoms with Gasteiger partial charge < -0.3 is 15.2 Å². The predicted molar refractivity (Wildman–Crippen MR) is 121 cm³/mol. The second-order valence-corrected chi connectivity index (χ2v) is 7.84. The van der Waals surface area contributed by atoms with Crippen LogP contribution in [-0.4, -0.2) is 61.1 Å². The normalized spacial score (nSPS) is 15.0. The van der Waals surface area contributed by atoms with Crippen molar-refractivity contribution >= 4 is 17.8 Å². The average Bonchev–Trinajstić information content (AvgIpc) is 2.80. The molecule has 0 aliphatic carbocycles. The number of nitrogens with zero attached hydrogens (tertiary/aromatic N) is 2. The molecule has 1 aliphatic rings. The lowest BCUT2D eigenvalue weighted by atomic mass is 9.89. The molecule has 0 radical (unpaired) electrons. The predicted octanol–water partition coefficient (Wildman–Crippen LogP) is 2.40. The van der Waals surface area contributed by atoms with Crippen molar-refractivity contribution in [3.63, 3.8) is 0 Å². The van der Waals surface area contributed by atoms with Crippen molar-refractivity contribution in [3.8, 4) is 11.8 Å². The van der Waals surface area contributed by atoms with E-state index < -0.39 is 0 Å². The molecule has 7 nitrogen and oxygen atoms in total. The Morgan fingerprint density at radius 3 is 2.67 bits per heavy atom. The second kappa shape index (κ2) is 11.4. The van der Waals surface area contributed by atoms with E-state index in [0.29, 0.717) is 48.5 Å². The molecule has 1 atom stereocenters. The summed E-state index contributed by atoms with van der Waals surface area (Å²) in [7, 11) is 1.52. The van der Waals surface area contributed by atoms with Gasteiger partial charge in [0.1, 0.15) is 11.6 Å². The summed E-state index contributed by atoms with van der Waals surface area (Å²) >= 11 is 0. The van der Waals surface area contributed by atoms with Crippen LogP contribution in [0.4, 0.5) is 4.39 Å². The molecule has 1 fully saturated rings. The fourth-order valence-corrected chi connectivity index (χ4v) is 3.74. The molecular formula is C25H26FN3O4. The first-order valence-corrected chi connectivity index (χ1v) is 10.6. The minimum atomic E-state index is -0.381. The summed E-state index contributed by atoms with van der Waals surface area (Å²) in [5.41, 5.74) is 1.57. The van der Waals surface area contributed by atoms with Crippen LogP contribution in [0.2, 0.25) is 0 Å². The topological polar surface area (TPSA) is 103 Å². The quantitative estimate of drug-likeness (QED) is 0.425. The molecule has 0 unspecified atom stereocenters. The number of methoxy groups -OCH3 is 1. The molecule has 0 saturated carbocycles. The summed E-state index contributed by atoms with van der Waals surface area (Å²) in [5, 5.41) is 21.5. The number of ether oxygens (including phenoxy) is 1. The van der Waals surface area contributed by atoms with Crippen LogP contribution < -0.4 is 10.1 Å². The van der Waals surface area contributed by atoms with Gasteiger partial charge in [-0.1, -0.05) is 0 Å². The number of amides is 1. The Hall–Kier alpha value is -3.54. The van der Waals surface area contributed by atoms with E-state index in [-0.39, 0.29) is 36.1 Å². The summed E-state index contributed by atoms with van der Waals surface area (Å²) in [6, 6.07) is 12.3. The first-order valence-electron chi connectivity index (χ1n) is 10.6. The van der Waals surface area contributed by atoms with Crippen molar-refractivity contribution in [2.45, 2.75) is 12.5 Å². The Kier molecular flexibility index (Phi) is 8.30. The number of hydrogen-bond donors (Lipinski definition) is 2. The second-order valence-electron chi connectivity index (χ2n) is 7.84. The zero-order valence-electron chi connectivity index (χ0n) is 18.3. The molecule has 0 spiro atoms. The monoisotopic (exact) mass is 451 g/mol. The van der Waals surface area contributed by atoms with Gasteiger partial charge in [0.05, 0.1) is 25.3 Å². The number of ketones is 1. The van der Waals surface area contributed by atoms with E-state index in [2.05, 4.69) is 5.32 Å². The van der Waals surface area contributed by atoms with Gasteiger partial charge in [-0.25, -0.2) is 4.39 Å². The molecule has 1 aliphatic heterocycles. The smallest absolute Gasteiger partial charge is 0.244 e. The van der Waals surface area contributed by atoms with Gasteiger partial charge in [0.25, 0.3) is 0 Å². The van der Waals surface area contributed by atoms with Crippen LogP contribution in [0.5, 0.6) is 5.75 Å². The Morgan fingerprint density at radius 2 is 2.03 bits per heavy atom. The summed E-state index contributed by atoms with van der Waals surface area (Å²) in [4.78, 5) is 26.6. The molecule has 8 heteroatoms. The van der Waals surface area contributed by atoms with Gasteiger partial charge in [-0.3, -0.25) is 14.5 Å². The van der Waals surface area contributed by atoms with E-state index in [1.54, 1.807) is 24.3 Å². The SMILES string of the molecule is COc1ccc(C#N)cc1/C=C/C(=O)NCC[C@@H](CO)N1CC(C(=O)c2ccc(F)cc2)C1. The third-order valence-electron chi connectivity index (χ3n) is 5.69. The summed E-state index contributed by atoms with van der Waals surface area (Å²) < 4.78 is 18.3. The van der Waals surface area contributed by atoms with E-state index in [4.69, 9.17) is 10.00 Å². The summed E-state index contributed by atoms with van der Waals surface area (Å²) in [6.45, 7) is 1.31. The third-order valence-corrected chi connectivity index (χ3v) is 5.69. The number of benzene rings is 2. The van der Waals surface area contributed by atoms with E-state index in [1.165, 1.54) is 37.5 Å². The zero-order valence-corrected chi connectivity index (χ0v) is 18.3. The molecular weight excluding hydrogens is 425 g/mol. The van der Waals surface area contributed by atoms with Crippen LogP contribution in [0.3, 0.4) is 0 Å². The number of likely N-dealkylation sites (tertiary alicyclic amines) is 1. The number of Topliss-reactive ketones (excluding diaryl/α,β-unsaturated/α-hetero) is 1. The Bertz CT molecular complexity index is 1060. The molecule has 0 bridgehead atoms. The Balaban J connectivity index is 1.45. The van der Waals surface area contributed by atoms with Crippen LogP contribution >= 0.6 is 0 Å². The van der Waals surface area contributed by atoms with E-state index in [1.807, 2.05) is 11.0 Å². The van der Waals surface area contributed by atoms with Crippen molar-refractivity contribution < 1.29 is 23.8 Å². The lowest BCUT2D eigenvalue weighted by Crippen LogP contribution is -2.56. The summed E-state index contributed by atoms with van der Waals surface area (Å²) in [5.74, 6) is -0.336. The van der Waals surface area contributed by atoms with Crippen LogP contribution in [0, 0.1) is 23.1 Å². The number of rotatable bonds is 10. The average molecular weight is 451 g/mol. The van der Waals surface area contributed by atoms with E-state index in [9.17, 15) is 19.1 Å². The van der Waals surface area contributed by atoms with Crippen molar-refractivity contribution in [2.75, 3.05) is 33.4 Å². The van der Waals surface area contributed by atoms with Gasteiger partial charge in [-0.2, -0.15) is 5.26 Å². The van der Waals surface area contributed by atoms with Crippen molar-refractivity contribution in [2.24, 2.45) is 5.92 Å². The Labute approximate surface area is 192 Å². The molecule has 1 heterocycles. The van der Waals surface area contributed by atoms with Gasteiger partial charge in [-0.15, -0.1) is 0 Å². The zero-order chi connectivity index (χ0) is 23.8. The van der Waals surface area contributed by atoms with E-state index in [0.717, 1.165) is 0 Å². The number of nitriles is 1. The molecule has 2 aromatic carbocycles. The number of carbonyl (C=O) groups excluding carboxylic acids is 2. The van der Waals surface area contributed by atoms with Crippen LogP contribution in [0.25, 0.3) is 6.08 Å². The highest BCUT2D eigenvalue weighted by molar-refractivity contribution is 5.98. The lowest BCUT2D eigenvalue weighted by molar-refractivity contribution is -0.116. The van der Waals surface area contributed by atoms with Crippen molar-refractivity contribution in [1.29, 1.82) is 5.26 Å². The minimum absolute atomic E-state index is 0.0303. The number of aliphatic hydroxyl groups excluding tert-OH is 1. The molecule has 1 amide bonds. The maximum absolute atomic E-state index is 13.0. The van der Waals surface area contributed by atoms with Gasteiger partial charge in [0.15, 0.2) is 5.78 Å². The van der Waals surface area contributed by atoms with Crippen molar-refractivity contribution in [3.05, 3.63) is 71.0 Å². The Morgan fingerprint density at radius 1 is 1.30 bits per heavy atom. The number of aliphatic hydroxyl groups is 1. The fourth-order valence-electron chi connectivity index (χ4n) is 3.74. The van der Waals surface area contributed by atoms with Gasteiger partial charge >= 0.3 is 0 Å². The molecule has 2 N–H and O–H groups in total. The van der Waals surface area contributed by atoms with Crippen LogP contribution in [0.1, 0.15) is 27.9 Å². The van der Waals surface area contributed by atoms with Crippen LogP contribution in [-0.2, 0) is 4.79 Å². The standard InChI is InChI=1S/C25H26FN3O4/c1-33-23-8-2-17(13-27)12-19(23)5-9-24(31)28-11-10-22(16-30)29-14-20(15-29)25(32)18-3-6-21(26)7-4-18/h2-9,12,20,22,30H,10-11,14-16H2,1H3,(H,28,31)/b9-5+/t22-/m0/s1.